The second kappa shape index (κ2) is 2.66. The van der Waals surface area contributed by atoms with Crippen LogP contribution in [0.2, 0.25) is 0 Å². The number of rotatable bonds is 1. The van der Waals surface area contributed by atoms with Crippen LogP contribution < -0.4 is 4.90 Å². The summed E-state index contributed by atoms with van der Waals surface area (Å²) in [5.74, 6) is 0. The summed E-state index contributed by atoms with van der Waals surface area (Å²) in [6, 6.07) is 0. The molecular formula is C5H7BrN2S. The third-order valence-electron chi connectivity index (χ3n) is 0.612. The van der Waals surface area contributed by atoms with Crippen LogP contribution in [0, 0.1) is 0 Å². The molecule has 0 aliphatic rings. The SMILES string of the molecule is [2H]c1sc(N(C([2H])([2H])[2H])C([2H])([2H])[2H])nc1Br. The summed E-state index contributed by atoms with van der Waals surface area (Å²) >= 11 is 3.63. The van der Waals surface area contributed by atoms with E-state index < -0.39 is 14.0 Å². The largest absolute Gasteiger partial charge is 0.354 e. The van der Waals surface area contributed by atoms with E-state index in [1.54, 1.807) is 0 Å². The summed E-state index contributed by atoms with van der Waals surface area (Å²) < 4.78 is 50.4. The first-order valence-corrected chi connectivity index (χ1v) is 3.57. The number of aromatic nitrogens is 1. The van der Waals surface area contributed by atoms with Crippen molar-refractivity contribution in [1.82, 2.24) is 4.98 Å². The number of halogens is 1. The highest BCUT2D eigenvalue weighted by Gasteiger charge is 1.98. The van der Waals surface area contributed by atoms with Crippen LogP contribution in [-0.4, -0.2) is 18.9 Å². The summed E-state index contributed by atoms with van der Waals surface area (Å²) in [5.41, 5.74) is 0. The molecule has 0 amide bonds. The van der Waals surface area contributed by atoms with E-state index in [-0.39, 0.29) is 20.0 Å². The average molecular weight is 214 g/mol. The van der Waals surface area contributed by atoms with Gasteiger partial charge in [0, 0.05) is 27.5 Å². The highest BCUT2D eigenvalue weighted by molar-refractivity contribution is 9.10. The first kappa shape index (κ1) is 2.20. The summed E-state index contributed by atoms with van der Waals surface area (Å²) in [7, 11) is 0. The third kappa shape index (κ3) is 1.66. The molecule has 1 aromatic rings. The zero-order valence-electron chi connectivity index (χ0n) is 11.2. The van der Waals surface area contributed by atoms with Crippen LogP contribution in [0.4, 0.5) is 5.13 Å². The Morgan fingerprint density at radius 3 is 3.22 bits per heavy atom. The predicted octanol–water partition coefficient (Wildman–Crippen LogP) is 1.97. The van der Waals surface area contributed by atoms with Crippen LogP contribution in [0.3, 0.4) is 0 Å². The van der Waals surface area contributed by atoms with Crippen LogP contribution in [-0.2, 0) is 0 Å². The lowest BCUT2D eigenvalue weighted by Gasteiger charge is -2.04. The van der Waals surface area contributed by atoms with Crippen LogP contribution in [0.25, 0.3) is 0 Å². The molecule has 0 saturated carbocycles. The van der Waals surface area contributed by atoms with Crippen molar-refractivity contribution in [3.05, 3.63) is 9.96 Å². The Morgan fingerprint density at radius 1 is 2.00 bits per heavy atom. The Hall–Kier alpha value is -0.0900. The summed E-state index contributed by atoms with van der Waals surface area (Å²) in [6.45, 7) is -5.65. The molecule has 0 radical (unpaired) electrons. The molecule has 0 aliphatic carbocycles. The maximum atomic E-state index is 7.36. The fourth-order valence-electron chi connectivity index (χ4n) is 0.313. The number of nitrogens with zero attached hydrogens (tertiary/aromatic N) is 2. The van der Waals surface area contributed by atoms with E-state index in [2.05, 4.69) is 20.9 Å². The van der Waals surface area contributed by atoms with Gasteiger partial charge in [-0.3, -0.25) is 0 Å². The number of thiazole rings is 1. The van der Waals surface area contributed by atoms with Gasteiger partial charge in [0.05, 0.1) is 1.37 Å². The van der Waals surface area contributed by atoms with E-state index in [9.17, 15) is 0 Å². The molecule has 0 aliphatic heterocycles. The Balaban J connectivity index is 3.23. The molecule has 0 aromatic carbocycles. The fraction of sp³-hybridized carbons (Fsp3) is 0.400. The molecule has 4 heteroatoms. The maximum absolute atomic E-state index is 7.36. The van der Waals surface area contributed by atoms with Crippen LogP contribution >= 0.6 is 27.3 Å². The lowest BCUT2D eigenvalue weighted by atomic mass is 10.9. The maximum Gasteiger partial charge on any atom is 0.185 e. The lowest BCUT2D eigenvalue weighted by Crippen LogP contribution is -2.07. The van der Waals surface area contributed by atoms with Gasteiger partial charge in [-0.25, -0.2) is 4.98 Å². The van der Waals surface area contributed by atoms with Crippen molar-refractivity contribution in [1.29, 1.82) is 0 Å². The van der Waals surface area contributed by atoms with Crippen molar-refractivity contribution < 1.29 is 9.60 Å². The van der Waals surface area contributed by atoms with Gasteiger partial charge in [-0.2, -0.15) is 0 Å². The van der Waals surface area contributed by atoms with Crippen LogP contribution in [0.1, 0.15) is 9.60 Å². The lowest BCUT2D eigenvalue weighted by molar-refractivity contribution is 1.10. The minimum absolute atomic E-state index is 0.0199. The van der Waals surface area contributed by atoms with Crippen molar-refractivity contribution in [2.24, 2.45) is 0 Å². The Morgan fingerprint density at radius 2 is 2.78 bits per heavy atom. The topological polar surface area (TPSA) is 16.1 Å². The zero-order valence-corrected chi connectivity index (χ0v) is 6.58. The Kier molecular flexibility index (Phi) is 0.652. The number of anilines is 1. The van der Waals surface area contributed by atoms with E-state index in [0.29, 0.717) is 11.3 Å². The van der Waals surface area contributed by atoms with E-state index in [0.717, 1.165) is 0 Å². The van der Waals surface area contributed by atoms with Gasteiger partial charge in [0.1, 0.15) is 4.60 Å². The van der Waals surface area contributed by atoms with Crippen molar-refractivity contribution in [2.75, 3.05) is 18.9 Å². The van der Waals surface area contributed by atoms with Gasteiger partial charge in [-0.15, -0.1) is 11.3 Å². The molecule has 1 heterocycles. The van der Waals surface area contributed by atoms with Gasteiger partial charge < -0.3 is 4.90 Å². The summed E-state index contributed by atoms with van der Waals surface area (Å²) in [4.78, 5) is 3.95. The number of hydrogen-bond donors (Lipinski definition) is 0. The highest BCUT2D eigenvalue weighted by atomic mass is 79.9. The molecule has 0 spiro atoms. The molecule has 0 bridgehead atoms. The minimum Gasteiger partial charge on any atom is -0.354 e. The van der Waals surface area contributed by atoms with Crippen LogP contribution in [0.5, 0.6) is 0 Å². The van der Waals surface area contributed by atoms with E-state index in [4.69, 9.17) is 9.60 Å². The summed E-state index contributed by atoms with van der Waals surface area (Å²) in [5, 5.41) is -0.245. The fourth-order valence-corrected chi connectivity index (χ4v) is 1.29. The first-order valence-electron chi connectivity index (χ1n) is 5.47. The molecule has 0 unspecified atom stereocenters. The summed E-state index contributed by atoms with van der Waals surface area (Å²) in [6.07, 6.45) is 0. The van der Waals surface area contributed by atoms with Crippen molar-refractivity contribution >= 4 is 32.4 Å². The predicted molar refractivity (Wildman–Crippen MR) is 44.1 cm³/mol. The van der Waals surface area contributed by atoms with Crippen molar-refractivity contribution in [3.8, 4) is 0 Å². The van der Waals surface area contributed by atoms with Gasteiger partial charge in [0.15, 0.2) is 5.13 Å². The normalized spacial score (nSPS) is 23.9. The van der Waals surface area contributed by atoms with Crippen LogP contribution in [0.15, 0.2) is 9.96 Å². The zero-order chi connectivity index (χ0) is 12.7. The monoisotopic (exact) mass is 213 g/mol. The van der Waals surface area contributed by atoms with Crippen molar-refractivity contribution in [3.63, 3.8) is 0 Å². The smallest absolute Gasteiger partial charge is 0.185 e. The second-order valence-corrected chi connectivity index (χ2v) is 2.75. The Labute approximate surface area is 76.5 Å². The Bertz CT molecular complexity index is 350. The number of hydrogen-bond acceptors (Lipinski definition) is 3. The molecule has 0 atom stereocenters. The van der Waals surface area contributed by atoms with Gasteiger partial charge in [0.2, 0.25) is 0 Å². The minimum atomic E-state index is -2.82. The standard InChI is InChI=1S/C5H7BrN2S/c1-8(2)5-7-4(6)3-9-5/h3H,1-2H3/i1D3,2D3,3D. The van der Waals surface area contributed by atoms with Gasteiger partial charge in [-0.05, 0) is 15.9 Å². The quantitative estimate of drug-likeness (QED) is 0.710. The highest BCUT2D eigenvalue weighted by Crippen LogP contribution is 2.20. The molecule has 0 saturated heterocycles. The van der Waals surface area contributed by atoms with E-state index in [1.165, 1.54) is 0 Å². The van der Waals surface area contributed by atoms with Gasteiger partial charge >= 0.3 is 0 Å². The molecule has 1 aromatic heterocycles. The van der Waals surface area contributed by atoms with E-state index in [1.807, 2.05) is 0 Å². The average Bonchev–Trinajstić information content (AvgIpc) is 2.24. The molecule has 0 fully saturated rings. The van der Waals surface area contributed by atoms with Crippen molar-refractivity contribution in [2.45, 2.75) is 0 Å². The molecular weight excluding hydrogens is 200 g/mol. The third-order valence-corrected chi connectivity index (χ3v) is 2.00. The molecule has 9 heavy (non-hydrogen) atoms. The molecule has 50 valence electrons. The second-order valence-electron chi connectivity index (χ2n) is 1.22. The van der Waals surface area contributed by atoms with E-state index >= 15 is 0 Å². The molecule has 2 nitrogen and oxygen atoms in total. The van der Waals surface area contributed by atoms with Gasteiger partial charge in [-0.1, -0.05) is 0 Å². The molecule has 0 N–H and O–H groups in total. The van der Waals surface area contributed by atoms with Gasteiger partial charge in [0.25, 0.3) is 0 Å². The first-order chi connectivity index (χ1) is 7.03. The molecule has 1 rings (SSSR count).